The van der Waals surface area contributed by atoms with Gasteiger partial charge < -0.3 is 21.5 Å². The predicted molar refractivity (Wildman–Crippen MR) is 67.7 cm³/mol. The van der Waals surface area contributed by atoms with Gasteiger partial charge in [0.2, 0.25) is 0 Å². The molecule has 1 aromatic rings. The number of hydrogen-bond donors (Lipinski definition) is 4. The third-order valence-corrected chi connectivity index (χ3v) is 2.50. The number of nitrogens with two attached hydrogens (primary N) is 1. The van der Waals surface area contributed by atoms with E-state index in [-0.39, 0.29) is 0 Å². The molecule has 0 heterocycles. The number of carbonyl (C=O) groups is 1. The van der Waals surface area contributed by atoms with E-state index in [2.05, 4.69) is 17.2 Å². The highest BCUT2D eigenvalue weighted by molar-refractivity contribution is 5.74. The van der Waals surface area contributed by atoms with Gasteiger partial charge >= 0.3 is 5.97 Å². The summed E-state index contributed by atoms with van der Waals surface area (Å²) in [5, 5.41) is 14.6. The first kappa shape index (κ1) is 13.2. The Labute approximate surface area is 100 Å². The maximum absolute atomic E-state index is 10.9. The molecule has 17 heavy (non-hydrogen) atoms. The van der Waals surface area contributed by atoms with Crippen molar-refractivity contribution in [2.75, 3.05) is 12.4 Å². The lowest BCUT2D eigenvalue weighted by Crippen LogP contribution is -2.43. The summed E-state index contributed by atoms with van der Waals surface area (Å²) in [6.07, 6.45) is 1.57. The average molecular weight is 235 g/mol. The van der Waals surface area contributed by atoms with Crippen LogP contribution in [0.2, 0.25) is 0 Å². The first-order chi connectivity index (χ1) is 8.10. The minimum absolute atomic E-state index is 0.588. The molecule has 5 nitrogen and oxygen atoms in total. The molecule has 0 aromatic heterocycles. The lowest BCUT2D eigenvalue weighted by molar-refractivity contribution is -0.139. The van der Waals surface area contributed by atoms with Gasteiger partial charge in [0.1, 0.15) is 6.04 Å². The van der Waals surface area contributed by atoms with Crippen LogP contribution in [0.15, 0.2) is 37.0 Å². The van der Waals surface area contributed by atoms with Gasteiger partial charge in [-0.3, -0.25) is 4.79 Å². The van der Waals surface area contributed by atoms with E-state index in [0.29, 0.717) is 0 Å². The fourth-order valence-corrected chi connectivity index (χ4v) is 1.57. The van der Waals surface area contributed by atoms with Crippen LogP contribution in [0.3, 0.4) is 0 Å². The second kappa shape index (κ2) is 6.03. The molecule has 2 atom stereocenters. The maximum Gasteiger partial charge on any atom is 0.322 e. The molecule has 0 aliphatic heterocycles. The van der Waals surface area contributed by atoms with Gasteiger partial charge in [0.25, 0.3) is 0 Å². The van der Waals surface area contributed by atoms with Crippen molar-refractivity contribution in [2.45, 2.75) is 12.1 Å². The number of carboxylic acids is 1. The molecule has 0 aliphatic rings. The molecule has 0 spiro atoms. The third kappa shape index (κ3) is 3.30. The summed E-state index contributed by atoms with van der Waals surface area (Å²) in [5.41, 5.74) is 7.54. The van der Waals surface area contributed by atoms with Gasteiger partial charge in [-0.1, -0.05) is 18.7 Å². The van der Waals surface area contributed by atoms with Crippen LogP contribution in [0, 0.1) is 0 Å². The Hall–Kier alpha value is -1.85. The number of rotatable bonds is 6. The number of benzene rings is 1. The minimum Gasteiger partial charge on any atom is -0.480 e. The van der Waals surface area contributed by atoms with Crippen molar-refractivity contribution in [3.05, 3.63) is 42.6 Å². The molecule has 1 rings (SSSR count). The van der Waals surface area contributed by atoms with Crippen LogP contribution in [-0.2, 0) is 4.79 Å². The number of anilines is 1. The van der Waals surface area contributed by atoms with E-state index in [4.69, 9.17) is 10.8 Å². The first-order valence-corrected chi connectivity index (χ1v) is 5.23. The minimum atomic E-state index is -0.965. The summed E-state index contributed by atoms with van der Waals surface area (Å²) in [6, 6.07) is 5.85. The van der Waals surface area contributed by atoms with E-state index in [0.717, 1.165) is 11.3 Å². The molecular formula is C12H17N3O2. The number of hydrogen-bond acceptors (Lipinski definition) is 4. The van der Waals surface area contributed by atoms with Gasteiger partial charge in [-0.15, -0.1) is 0 Å². The summed E-state index contributed by atoms with van der Waals surface area (Å²) in [6.45, 7) is 3.55. The fraction of sp³-hybridized carbons (Fsp3) is 0.250. The summed E-state index contributed by atoms with van der Waals surface area (Å²) in [4.78, 5) is 10.9. The molecule has 0 radical (unpaired) electrons. The molecule has 0 amide bonds. The molecule has 1 aromatic carbocycles. The van der Waals surface area contributed by atoms with Gasteiger partial charge in [-0.05, 0) is 30.9 Å². The first-order valence-electron chi connectivity index (χ1n) is 5.23. The summed E-state index contributed by atoms with van der Waals surface area (Å²) in [7, 11) is 1.58. The van der Waals surface area contributed by atoms with Crippen LogP contribution in [0.4, 0.5) is 5.69 Å². The highest BCUT2D eigenvalue weighted by Crippen LogP contribution is 2.17. The van der Waals surface area contributed by atoms with E-state index in [1.807, 2.05) is 12.1 Å². The highest BCUT2D eigenvalue weighted by atomic mass is 16.4. The molecule has 5 heteroatoms. The van der Waals surface area contributed by atoms with Crippen LogP contribution >= 0.6 is 0 Å². The van der Waals surface area contributed by atoms with E-state index in [1.165, 1.54) is 0 Å². The van der Waals surface area contributed by atoms with Crippen molar-refractivity contribution in [3.63, 3.8) is 0 Å². The monoisotopic (exact) mass is 235 g/mol. The third-order valence-electron chi connectivity index (χ3n) is 2.50. The fourth-order valence-electron chi connectivity index (χ4n) is 1.57. The Balaban J connectivity index is 2.84. The number of nitrogens with one attached hydrogen (secondary N) is 2. The van der Waals surface area contributed by atoms with Gasteiger partial charge in [0, 0.05) is 5.69 Å². The quantitative estimate of drug-likeness (QED) is 0.589. The smallest absolute Gasteiger partial charge is 0.322 e. The second-order valence-electron chi connectivity index (χ2n) is 3.60. The van der Waals surface area contributed by atoms with E-state index >= 15 is 0 Å². The zero-order valence-electron chi connectivity index (χ0n) is 9.68. The number of likely N-dealkylation sites (N-methyl/N-ethyl adjacent to an activating group) is 1. The molecule has 0 aliphatic carbocycles. The van der Waals surface area contributed by atoms with Gasteiger partial charge in [-0.2, -0.15) is 0 Å². The van der Waals surface area contributed by atoms with Gasteiger partial charge in [0.05, 0.1) is 6.04 Å². The molecule has 92 valence electrons. The maximum atomic E-state index is 10.9. The van der Waals surface area contributed by atoms with Crippen LogP contribution in [0.25, 0.3) is 0 Å². The van der Waals surface area contributed by atoms with Crippen LogP contribution < -0.4 is 16.4 Å². The van der Waals surface area contributed by atoms with Crippen molar-refractivity contribution in [1.29, 1.82) is 0 Å². The van der Waals surface area contributed by atoms with Crippen molar-refractivity contribution >= 4 is 11.7 Å². The lowest BCUT2D eigenvalue weighted by atomic mass is 10.00. The van der Waals surface area contributed by atoms with E-state index in [1.54, 1.807) is 25.4 Å². The Morgan fingerprint density at radius 3 is 2.47 bits per heavy atom. The van der Waals surface area contributed by atoms with E-state index in [9.17, 15) is 4.79 Å². The Bertz CT molecular complexity index is 389. The van der Waals surface area contributed by atoms with Gasteiger partial charge in [-0.25, -0.2) is 0 Å². The normalized spacial score (nSPS) is 13.8. The standard InChI is InChI=1S/C12H17N3O2/c1-3-15-9-6-4-8(5-7-9)10(13)11(14-2)12(16)17/h3-7,10-11,14-15H,1,13H2,2H3,(H,16,17). The molecule has 0 saturated heterocycles. The average Bonchev–Trinajstić information content (AvgIpc) is 2.30. The SMILES string of the molecule is C=CNc1ccc(C(N)C(NC)C(=O)O)cc1. The van der Waals surface area contributed by atoms with Crippen LogP contribution in [-0.4, -0.2) is 24.2 Å². The molecular weight excluding hydrogens is 218 g/mol. The van der Waals surface area contributed by atoms with Crippen molar-refractivity contribution in [1.82, 2.24) is 5.32 Å². The Morgan fingerprint density at radius 1 is 1.47 bits per heavy atom. The number of aliphatic carboxylic acids is 1. The van der Waals surface area contributed by atoms with Crippen molar-refractivity contribution < 1.29 is 9.90 Å². The zero-order chi connectivity index (χ0) is 12.8. The molecule has 2 unspecified atom stereocenters. The summed E-state index contributed by atoms with van der Waals surface area (Å²) in [5.74, 6) is -0.965. The van der Waals surface area contributed by atoms with Crippen molar-refractivity contribution in [2.24, 2.45) is 5.73 Å². The Kier molecular flexibility index (Phi) is 4.68. The zero-order valence-corrected chi connectivity index (χ0v) is 9.68. The van der Waals surface area contributed by atoms with E-state index < -0.39 is 18.1 Å². The second-order valence-corrected chi connectivity index (χ2v) is 3.60. The van der Waals surface area contributed by atoms with Gasteiger partial charge in [0.15, 0.2) is 0 Å². The Morgan fingerprint density at radius 2 is 2.06 bits per heavy atom. The predicted octanol–water partition coefficient (Wildman–Crippen LogP) is 0.914. The largest absolute Gasteiger partial charge is 0.480 e. The molecule has 0 saturated carbocycles. The molecule has 0 fully saturated rings. The van der Waals surface area contributed by atoms with Crippen LogP contribution in [0.1, 0.15) is 11.6 Å². The number of carboxylic acid groups (broad SMARTS) is 1. The van der Waals surface area contributed by atoms with Crippen molar-refractivity contribution in [3.8, 4) is 0 Å². The molecule has 5 N–H and O–H groups in total. The molecule has 0 bridgehead atoms. The summed E-state index contributed by atoms with van der Waals surface area (Å²) < 4.78 is 0. The lowest BCUT2D eigenvalue weighted by Gasteiger charge is -2.20. The van der Waals surface area contributed by atoms with Crippen LogP contribution in [0.5, 0.6) is 0 Å². The highest BCUT2D eigenvalue weighted by Gasteiger charge is 2.24. The topological polar surface area (TPSA) is 87.4 Å². The summed E-state index contributed by atoms with van der Waals surface area (Å²) >= 11 is 0.